The number of piperazine rings is 1. The van der Waals surface area contributed by atoms with Crippen LogP contribution in [0.2, 0.25) is 0 Å². The first-order valence-corrected chi connectivity index (χ1v) is 8.38. The third-order valence-corrected chi connectivity index (χ3v) is 4.38. The van der Waals surface area contributed by atoms with Crippen molar-refractivity contribution in [3.8, 4) is 0 Å². The molecule has 3 N–H and O–H groups in total. The number of hydrogen-bond donors (Lipinski definition) is 2. The molecular weight excluding hydrogens is 290 g/mol. The third-order valence-electron chi connectivity index (χ3n) is 4.38. The summed E-state index contributed by atoms with van der Waals surface area (Å²) >= 11 is 0. The van der Waals surface area contributed by atoms with Crippen LogP contribution in [0.3, 0.4) is 0 Å². The lowest BCUT2D eigenvalue weighted by Crippen LogP contribution is -2.51. The Balaban J connectivity index is 1.94. The molecule has 1 fully saturated rings. The first-order valence-electron chi connectivity index (χ1n) is 8.38. The van der Waals surface area contributed by atoms with E-state index >= 15 is 0 Å². The van der Waals surface area contributed by atoms with Crippen molar-refractivity contribution in [1.82, 2.24) is 15.2 Å². The van der Waals surface area contributed by atoms with Gasteiger partial charge in [-0.3, -0.25) is 4.79 Å². The van der Waals surface area contributed by atoms with Crippen LogP contribution in [-0.2, 0) is 11.3 Å². The largest absolute Gasteiger partial charge is 0.354 e. The minimum Gasteiger partial charge on any atom is -0.354 e. The second-order valence-corrected chi connectivity index (χ2v) is 6.66. The number of likely N-dealkylation sites (N-methyl/N-ethyl adjacent to an activating group) is 1. The van der Waals surface area contributed by atoms with Gasteiger partial charge >= 0.3 is 0 Å². The zero-order valence-electron chi connectivity index (χ0n) is 14.5. The van der Waals surface area contributed by atoms with Gasteiger partial charge in [-0.05, 0) is 38.1 Å². The van der Waals surface area contributed by atoms with Crippen molar-refractivity contribution in [3.63, 3.8) is 0 Å². The normalized spacial score (nSPS) is 18.5. The Bertz CT molecular complexity index is 523. The molecule has 6 heteroatoms. The van der Waals surface area contributed by atoms with Crippen molar-refractivity contribution in [2.24, 2.45) is 5.73 Å². The van der Waals surface area contributed by atoms with Crippen LogP contribution in [0, 0.1) is 0 Å². The maximum Gasteiger partial charge on any atom is 0.240 e. The number of amides is 1. The van der Waals surface area contributed by atoms with E-state index in [1.54, 1.807) is 6.92 Å². The minimum atomic E-state index is -0.804. The van der Waals surface area contributed by atoms with Crippen molar-refractivity contribution in [2.75, 3.05) is 38.1 Å². The summed E-state index contributed by atoms with van der Waals surface area (Å²) < 4.78 is 0. The highest BCUT2D eigenvalue weighted by Crippen LogP contribution is 2.15. The highest BCUT2D eigenvalue weighted by molar-refractivity contribution is 5.85. The predicted octanol–water partition coefficient (Wildman–Crippen LogP) is 0.967. The first-order chi connectivity index (χ1) is 10.9. The SMILES string of the molecule is CCCC(C)(N)C(=O)NCc1ccnc(N2CCN(C)CC2)c1. The van der Waals surface area contributed by atoms with Gasteiger partial charge in [-0.1, -0.05) is 13.3 Å². The summed E-state index contributed by atoms with van der Waals surface area (Å²) in [5.74, 6) is 0.881. The van der Waals surface area contributed by atoms with E-state index < -0.39 is 5.54 Å². The number of nitrogens with two attached hydrogens (primary N) is 1. The minimum absolute atomic E-state index is 0.0997. The molecule has 6 nitrogen and oxygen atoms in total. The fourth-order valence-corrected chi connectivity index (χ4v) is 2.80. The number of carbonyl (C=O) groups excluding carboxylic acids is 1. The van der Waals surface area contributed by atoms with Gasteiger partial charge in [0.15, 0.2) is 0 Å². The molecule has 0 saturated carbocycles. The number of carbonyl (C=O) groups is 1. The Morgan fingerprint density at radius 2 is 2.09 bits per heavy atom. The number of anilines is 1. The quantitative estimate of drug-likeness (QED) is 0.817. The van der Waals surface area contributed by atoms with Crippen molar-refractivity contribution in [1.29, 1.82) is 0 Å². The smallest absolute Gasteiger partial charge is 0.240 e. The lowest BCUT2D eigenvalue weighted by molar-refractivity contribution is -0.126. The molecule has 0 bridgehead atoms. The van der Waals surface area contributed by atoms with Crippen molar-refractivity contribution >= 4 is 11.7 Å². The summed E-state index contributed by atoms with van der Waals surface area (Å²) in [5, 5.41) is 2.94. The standard InChI is InChI=1S/C17H29N5O/c1-4-6-17(2,18)16(23)20-13-14-5-7-19-15(12-14)22-10-8-21(3)9-11-22/h5,7,12H,4,6,8-11,13,18H2,1-3H3,(H,20,23). The molecule has 1 unspecified atom stereocenters. The molecule has 0 radical (unpaired) electrons. The van der Waals surface area contributed by atoms with Crippen molar-refractivity contribution < 1.29 is 4.79 Å². The number of aromatic nitrogens is 1. The lowest BCUT2D eigenvalue weighted by atomic mass is 9.96. The molecule has 128 valence electrons. The number of nitrogens with zero attached hydrogens (tertiary/aromatic N) is 3. The number of pyridine rings is 1. The van der Waals surface area contributed by atoms with Crippen LogP contribution < -0.4 is 16.0 Å². The van der Waals surface area contributed by atoms with Crippen LogP contribution in [0.1, 0.15) is 32.3 Å². The van der Waals surface area contributed by atoms with E-state index in [1.165, 1.54) is 0 Å². The summed E-state index contributed by atoms with van der Waals surface area (Å²) in [5.41, 5.74) is 6.30. The van der Waals surface area contributed by atoms with E-state index in [1.807, 2.05) is 19.2 Å². The van der Waals surface area contributed by atoms with Gasteiger partial charge in [0, 0.05) is 38.9 Å². The number of nitrogens with one attached hydrogen (secondary N) is 1. The fourth-order valence-electron chi connectivity index (χ4n) is 2.80. The summed E-state index contributed by atoms with van der Waals surface area (Å²) in [6, 6.07) is 3.99. The molecule has 1 aromatic heterocycles. The molecular formula is C17H29N5O. The molecule has 2 rings (SSSR count). The molecule has 1 aliphatic heterocycles. The van der Waals surface area contributed by atoms with Crippen LogP contribution in [0.15, 0.2) is 18.3 Å². The maximum absolute atomic E-state index is 12.2. The average molecular weight is 319 g/mol. The van der Waals surface area contributed by atoms with Gasteiger partial charge in [0.1, 0.15) is 5.82 Å². The van der Waals surface area contributed by atoms with Crippen molar-refractivity contribution in [3.05, 3.63) is 23.9 Å². The van der Waals surface area contributed by atoms with Crippen molar-refractivity contribution in [2.45, 2.75) is 38.8 Å². The highest BCUT2D eigenvalue weighted by atomic mass is 16.2. The molecule has 0 aromatic carbocycles. The molecule has 1 atom stereocenters. The third kappa shape index (κ3) is 4.91. The molecule has 0 aliphatic carbocycles. The summed E-state index contributed by atoms with van der Waals surface area (Å²) in [6.45, 7) is 8.36. The Morgan fingerprint density at radius 1 is 1.39 bits per heavy atom. The van der Waals surface area contributed by atoms with E-state index in [-0.39, 0.29) is 5.91 Å². The first kappa shape index (κ1) is 17.7. The van der Waals surface area contributed by atoms with E-state index in [0.717, 1.165) is 44.0 Å². The van der Waals surface area contributed by atoms with Gasteiger partial charge < -0.3 is 20.9 Å². The van der Waals surface area contributed by atoms with Crippen LogP contribution >= 0.6 is 0 Å². The zero-order chi connectivity index (χ0) is 16.9. The molecule has 1 saturated heterocycles. The molecule has 1 amide bonds. The summed E-state index contributed by atoms with van der Waals surface area (Å²) in [6.07, 6.45) is 3.38. The fraction of sp³-hybridized carbons (Fsp3) is 0.647. The van der Waals surface area contributed by atoms with E-state index in [0.29, 0.717) is 13.0 Å². The molecule has 23 heavy (non-hydrogen) atoms. The van der Waals surface area contributed by atoms with Gasteiger partial charge in [-0.15, -0.1) is 0 Å². The monoisotopic (exact) mass is 319 g/mol. The van der Waals surface area contributed by atoms with Crippen LogP contribution in [0.25, 0.3) is 0 Å². The van der Waals surface area contributed by atoms with Crippen LogP contribution in [-0.4, -0.2) is 54.6 Å². The second kappa shape index (κ2) is 7.75. The Morgan fingerprint density at radius 3 is 2.74 bits per heavy atom. The lowest BCUT2D eigenvalue weighted by Gasteiger charge is -2.33. The topological polar surface area (TPSA) is 74.5 Å². The Hall–Kier alpha value is -1.66. The molecule has 2 heterocycles. The van der Waals surface area contributed by atoms with Gasteiger partial charge in [-0.2, -0.15) is 0 Å². The maximum atomic E-state index is 12.2. The van der Waals surface area contributed by atoms with E-state index in [2.05, 4.69) is 33.2 Å². The summed E-state index contributed by atoms with van der Waals surface area (Å²) in [7, 11) is 2.14. The molecule has 0 spiro atoms. The molecule has 1 aromatic rings. The molecule has 1 aliphatic rings. The predicted molar refractivity (Wildman–Crippen MR) is 93.3 cm³/mol. The number of hydrogen-bond acceptors (Lipinski definition) is 5. The zero-order valence-corrected chi connectivity index (χ0v) is 14.5. The summed E-state index contributed by atoms with van der Waals surface area (Å²) in [4.78, 5) is 21.2. The average Bonchev–Trinajstić information content (AvgIpc) is 2.53. The van der Waals surface area contributed by atoms with Gasteiger partial charge in [0.25, 0.3) is 0 Å². The Kier molecular flexibility index (Phi) is 5.96. The van der Waals surface area contributed by atoms with Gasteiger partial charge in [0.05, 0.1) is 5.54 Å². The van der Waals surface area contributed by atoms with Gasteiger partial charge in [-0.25, -0.2) is 4.98 Å². The van der Waals surface area contributed by atoms with Gasteiger partial charge in [0.2, 0.25) is 5.91 Å². The highest BCUT2D eigenvalue weighted by Gasteiger charge is 2.26. The van der Waals surface area contributed by atoms with Crippen LogP contribution in [0.5, 0.6) is 0 Å². The van der Waals surface area contributed by atoms with E-state index in [4.69, 9.17) is 5.73 Å². The Labute approximate surface area is 139 Å². The number of rotatable bonds is 6. The second-order valence-electron chi connectivity index (χ2n) is 6.66. The van der Waals surface area contributed by atoms with E-state index in [9.17, 15) is 4.79 Å². The van der Waals surface area contributed by atoms with Crippen LogP contribution in [0.4, 0.5) is 5.82 Å².